The van der Waals surface area contributed by atoms with Gasteiger partial charge < -0.3 is 25.1 Å². The maximum atomic E-state index is 12.2. The van der Waals surface area contributed by atoms with Gasteiger partial charge in [0.1, 0.15) is 24.5 Å². The van der Waals surface area contributed by atoms with Crippen molar-refractivity contribution in [2.24, 2.45) is 0 Å². The molecule has 146 valence electrons. The number of hydrogen-bond acceptors (Lipinski definition) is 9. The molecule has 0 amide bonds. The minimum Gasteiger partial charge on any atom is -0.387 e. The third kappa shape index (κ3) is 3.99. The normalized spacial score (nSPS) is 25.6. The second-order valence-corrected chi connectivity index (χ2v) is 7.65. The van der Waals surface area contributed by atoms with Gasteiger partial charge in [-0.05, 0) is 29.0 Å². The van der Waals surface area contributed by atoms with Crippen LogP contribution in [-0.4, -0.2) is 58.0 Å². The van der Waals surface area contributed by atoms with Crippen LogP contribution in [0.25, 0.3) is 0 Å². The molecule has 3 rings (SSSR count). The lowest BCUT2D eigenvalue weighted by Crippen LogP contribution is -2.34. The van der Waals surface area contributed by atoms with E-state index in [1.165, 1.54) is 12.1 Å². The van der Waals surface area contributed by atoms with Gasteiger partial charge >= 0.3 is 5.82 Å². The number of aliphatic hydroxyl groups excluding tert-OH is 2. The van der Waals surface area contributed by atoms with E-state index < -0.39 is 52.0 Å². The number of nitrogens with zero attached hydrogens (tertiary/aromatic N) is 3. The summed E-state index contributed by atoms with van der Waals surface area (Å²) in [6.45, 7) is 1.27. The van der Waals surface area contributed by atoms with Crippen LogP contribution >= 0.6 is 0 Å². The van der Waals surface area contributed by atoms with Crippen LogP contribution in [-0.2, 0) is 19.0 Å². The van der Waals surface area contributed by atoms with Gasteiger partial charge in [0, 0.05) is 0 Å². The SMILES string of the molecule is Cc1ccc(S(=O)(=O)OCC2OC(n3cnc([N+](=O)[O-])c3)C(O)C2O)cc1. The first-order valence-electron chi connectivity index (χ1n) is 7.84. The standard InChI is InChI=1S/C15H17N3O8S/c1-9-2-4-10(5-3-9)27(23,24)25-7-11-13(19)14(20)15(26-11)17-6-12(16-8-17)18(21)22/h2-6,8,11,13-15,19-20H,7H2,1H3. The van der Waals surface area contributed by atoms with E-state index in [1.807, 2.05) is 6.92 Å². The summed E-state index contributed by atoms with van der Waals surface area (Å²) >= 11 is 0. The van der Waals surface area contributed by atoms with Crippen molar-refractivity contribution in [3.8, 4) is 0 Å². The molecule has 0 saturated carbocycles. The summed E-state index contributed by atoms with van der Waals surface area (Å²) in [5.41, 5.74) is 0.879. The van der Waals surface area contributed by atoms with Crippen molar-refractivity contribution in [2.75, 3.05) is 6.61 Å². The third-order valence-electron chi connectivity index (χ3n) is 4.10. The van der Waals surface area contributed by atoms with E-state index >= 15 is 0 Å². The Kier molecular flexibility index (Phi) is 5.26. The maximum absolute atomic E-state index is 12.2. The van der Waals surface area contributed by atoms with Crippen molar-refractivity contribution in [3.63, 3.8) is 0 Å². The summed E-state index contributed by atoms with van der Waals surface area (Å²) in [5.74, 6) is -0.457. The quantitative estimate of drug-likeness (QED) is 0.392. The van der Waals surface area contributed by atoms with Crippen LogP contribution in [0.3, 0.4) is 0 Å². The Morgan fingerprint density at radius 3 is 2.56 bits per heavy atom. The molecule has 0 radical (unpaired) electrons. The predicted molar refractivity (Wildman–Crippen MR) is 89.1 cm³/mol. The first kappa shape index (κ1) is 19.4. The Labute approximate surface area is 154 Å². The number of ether oxygens (including phenoxy) is 1. The van der Waals surface area contributed by atoms with Crippen LogP contribution < -0.4 is 0 Å². The summed E-state index contributed by atoms with van der Waals surface area (Å²) < 4.78 is 35.9. The van der Waals surface area contributed by atoms with Gasteiger partial charge in [-0.3, -0.25) is 8.75 Å². The summed E-state index contributed by atoms with van der Waals surface area (Å²) in [4.78, 5) is 13.5. The molecule has 1 aliphatic heterocycles. The van der Waals surface area contributed by atoms with Gasteiger partial charge in [0.15, 0.2) is 6.23 Å². The van der Waals surface area contributed by atoms with Crippen molar-refractivity contribution in [3.05, 3.63) is 52.5 Å². The third-order valence-corrected chi connectivity index (χ3v) is 5.40. The first-order chi connectivity index (χ1) is 12.7. The van der Waals surface area contributed by atoms with E-state index in [-0.39, 0.29) is 4.90 Å². The number of aliphatic hydroxyl groups is 2. The monoisotopic (exact) mass is 399 g/mol. The smallest absolute Gasteiger partial charge is 0.381 e. The largest absolute Gasteiger partial charge is 0.387 e. The summed E-state index contributed by atoms with van der Waals surface area (Å²) in [6, 6.07) is 6.00. The van der Waals surface area contributed by atoms with E-state index in [4.69, 9.17) is 8.92 Å². The number of imidazole rings is 1. The lowest BCUT2D eigenvalue weighted by atomic mass is 10.1. The maximum Gasteiger partial charge on any atom is 0.381 e. The molecule has 1 aromatic heterocycles. The second kappa shape index (κ2) is 7.32. The Balaban J connectivity index is 1.68. The zero-order chi connectivity index (χ0) is 19.8. The van der Waals surface area contributed by atoms with Crippen molar-refractivity contribution < 1.29 is 32.5 Å². The molecule has 1 aliphatic rings. The van der Waals surface area contributed by atoms with Gasteiger partial charge in [-0.15, -0.1) is 0 Å². The zero-order valence-electron chi connectivity index (χ0n) is 14.1. The Bertz CT molecular complexity index is 927. The van der Waals surface area contributed by atoms with Crippen LogP contribution in [0.5, 0.6) is 0 Å². The van der Waals surface area contributed by atoms with Crippen LogP contribution in [0, 0.1) is 17.0 Å². The van der Waals surface area contributed by atoms with Crippen molar-refractivity contribution in [2.45, 2.75) is 36.4 Å². The molecule has 27 heavy (non-hydrogen) atoms. The molecule has 2 N–H and O–H groups in total. The summed E-state index contributed by atoms with van der Waals surface area (Å²) in [6.07, 6.45) is -3.12. The fraction of sp³-hybridized carbons (Fsp3) is 0.400. The molecule has 4 unspecified atom stereocenters. The number of nitro groups is 1. The molecule has 2 aromatic rings. The number of rotatable bonds is 6. The molecule has 1 saturated heterocycles. The highest BCUT2D eigenvalue weighted by Gasteiger charge is 2.45. The number of aryl methyl sites for hydroxylation is 1. The summed E-state index contributed by atoms with van der Waals surface area (Å²) in [5, 5.41) is 30.9. The lowest BCUT2D eigenvalue weighted by molar-refractivity contribution is -0.389. The molecule has 1 aromatic carbocycles. The highest BCUT2D eigenvalue weighted by Crippen LogP contribution is 2.31. The lowest BCUT2D eigenvalue weighted by Gasteiger charge is -2.14. The molecule has 0 bridgehead atoms. The van der Waals surface area contributed by atoms with E-state index in [1.54, 1.807) is 12.1 Å². The topological polar surface area (TPSA) is 154 Å². The average molecular weight is 399 g/mol. The molecule has 1 fully saturated rings. The van der Waals surface area contributed by atoms with Crippen LogP contribution in [0.2, 0.25) is 0 Å². The van der Waals surface area contributed by atoms with Gasteiger partial charge in [0.05, 0.1) is 11.5 Å². The van der Waals surface area contributed by atoms with E-state index in [0.29, 0.717) is 0 Å². The predicted octanol–water partition coefficient (Wildman–Crippen LogP) is 0.124. The number of hydrogen-bond donors (Lipinski definition) is 2. The molecule has 11 nitrogen and oxygen atoms in total. The fourth-order valence-electron chi connectivity index (χ4n) is 2.60. The van der Waals surface area contributed by atoms with Gasteiger partial charge in [-0.25, -0.2) is 0 Å². The van der Waals surface area contributed by atoms with E-state index in [0.717, 1.165) is 22.7 Å². The minimum atomic E-state index is -4.08. The van der Waals surface area contributed by atoms with Gasteiger partial charge in [0.25, 0.3) is 10.1 Å². The molecular formula is C15H17N3O8S. The van der Waals surface area contributed by atoms with Gasteiger partial charge in [-0.2, -0.15) is 8.42 Å². The summed E-state index contributed by atoms with van der Waals surface area (Å²) in [7, 11) is -4.08. The first-order valence-corrected chi connectivity index (χ1v) is 9.25. The molecular weight excluding hydrogens is 382 g/mol. The Morgan fingerprint density at radius 1 is 1.30 bits per heavy atom. The van der Waals surface area contributed by atoms with Crippen LogP contribution in [0.1, 0.15) is 11.8 Å². The number of benzene rings is 1. The molecule has 4 atom stereocenters. The van der Waals surface area contributed by atoms with Crippen LogP contribution in [0.4, 0.5) is 5.82 Å². The van der Waals surface area contributed by atoms with Crippen molar-refractivity contribution in [1.29, 1.82) is 0 Å². The number of aromatic nitrogens is 2. The second-order valence-electron chi connectivity index (χ2n) is 6.03. The molecule has 12 heteroatoms. The van der Waals surface area contributed by atoms with Gasteiger partial charge in [0.2, 0.25) is 6.33 Å². The van der Waals surface area contributed by atoms with Crippen LogP contribution in [0.15, 0.2) is 41.7 Å². The minimum absolute atomic E-state index is 0.0529. The van der Waals surface area contributed by atoms with Gasteiger partial charge in [-0.1, -0.05) is 17.7 Å². The molecule has 2 heterocycles. The van der Waals surface area contributed by atoms with Crippen molar-refractivity contribution in [1.82, 2.24) is 9.55 Å². The highest BCUT2D eigenvalue weighted by atomic mass is 32.2. The van der Waals surface area contributed by atoms with E-state index in [9.17, 15) is 28.7 Å². The highest BCUT2D eigenvalue weighted by molar-refractivity contribution is 7.86. The van der Waals surface area contributed by atoms with Crippen molar-refractivity contribution >= 4 is 15.9 Å². The Hall–Kier alpha value is -2.38. The zero-order valence-corrected chi connectivity index (χ0v) is 14.9. The molecule has 0 aliphatic carbocycles. The Morgan fingerprint density at radius 2 is 1.96 bits per heavy atom. The van der Waals surface area contributed by atoms with E-state index in [2.05, 4.69) is 4.98 Å². The average Bonchev–Trinajstić information content (AvgIpc) is 3.20. The molecule has 0 spiro atoms. The fourth-order valence-corrected chi connectivity index (χ4v) is 3.52.